The number of aromatic nitrogens is 3. The number of pyridine rings is 1. The van der Waals surface area contributed by atoms with Crippen molar-refractivity contribution < 1.29 is 0 Å². The minimum atomic E-state index is 0.203. The van der Waals surface area contributed by atoms with E-state index in [-0.39, 0.29) is 6.04 Å². The topological polar surface area (TPSA) is 53.6 Å². The van der Waals surface area contributed by atoms with Crippen molar-refractivity contribution in [2.75, 3.05) is 0 Å². The Morgan fingerprint density at radius 2 is 2.00 bits per heavy atom. The standard InChI is InChI=1S/C15H16N4/c1-11(12-6-4-5-9-16-12)17-10-15-18-13-7-2-3-8-14(13)19-15/h2-9,11,17H,10H2,1H3,(H,18,19). The van der Waals surface area contributed by atoms with E-state index in [4.69, 9.17) is 0 Å². The Balaban J connectivity index is 1.69. The third-order valence-electron chi connectivity index (χ3n) is 3.15. The molecule has 0 spiro atoms. The van der Waals surface area contributed by atoms with Crippen molar-refractivity contribution in [2.45, 2.75) is 19.5 Å². The summed E-state index contributed by atoms with van der Waals surface area (Å²) in [7, 11) is 0. The van der Waals surface area contributed by atoms with Crippen LogP contribution in [0.1, 0.15) is 24.5 Å². The van der Waals surface area contributed by atoms with Gasteiger partial charge in [0.05, 0.1) is 23.3 Å². The zero-order chi connectivity index (χ0) is 13.1. The van der Waals surface area contributed by atoms with Crippen molar-refractivity contribution >= 4 is 11.0 Å². The fraction of sp³-hybridized carbons (Fsp3) is 0.200. The molecular formula is C15H16N4. The van der Waals surface area contributed by atoms with Gasteiger partial charge in [0.1, 0.15) is 5.82 Å². The predicted molar refractivity (Wildman–Crippen MR) is 75.6 cm³/mol. The maximum atomic E-state index is 4.54. The Morgan fingerprint density at radius 1 is 1.16 bits per heavy atom. The number of hydrogen-bond acceptors (Lipinski definition) is 3. The third kappa shape index (κ3) is 2.63. The van der Waals surface area contributed by atoms with E-state index in [1.54, 1.807) is 0 Å². The number of benzene rings is 1. The number of aromatic amines is 1. The van der Waals surface area contributed by atoms with Crippen LogP contribution in [0, 0.1) is 0 Å². The highest BCUT2D eigenvalue weighted by molar-refractivity contribution is 5.74. The fourth-order valence-corrected chi connectivity index (χ4v) is 2.08. The summed E-state index contributed by atoms with van der Waals surface area (Å²) in [6, 6.07) is 14.2. The highest BCUT2D eigenvalue weighted by Gasteiger charge is 2.07. The Kier molecular flexibility index (Phi) is 3.25. The van der Waals surface area contributed by atoms with Crippen molar-refractivity contribution in [3.05, 3.63) is 60.2 Å². The molecule has 19 heavy (non-hydrogen) atoms. The Morgan fingerprint density at radius 3 is 2.79 bits per heavy atom. The summed E-state index contributed by atoms with van der Waals surface area (Å²) in [4.78, 5) is 12.2. The lowest BCUT2D eigenvalue weighted by Crippen LogP contribution is -2.19. The predicted octanol–water partition coefficient (Wildman–Crippen LogP) is 2.81. The normalized spacial score (nSPS) is 12.7. The van der Waals surface area contributed by atoms with E-state index in [1.807, 2.05) is 48.7 Å². The van der Waals surface area contributed by atoms with Crippen molar-refractivity contribution in [1.29, 1.82) is 0 Å². The number of para-hydroxylation sites is 2. The van der Waals surface area contributed by atoms with Crippen LogP contribution >= 0.6 is 0 Å². The van der Waals surface area contributed by atoms with E-state index in [2.05, 4.69) is 27.2 Å². The van der Waals surface area contributed by atoms with Gasteiger partial charge in [0.25, 0.3) is 0 Å². The second-order valence-corrected chi connectivity index (χ2v) is 4.56. The molecule has 1 unspecified atom stereocenters. The van der Waals surface area contributed by atoms with Crippen LogP contribution < -0.4 is 5.32 Å². The molecule has 4 nitrogen and oxygen atoms in total. The maximum Gasteiger partial charge on any atom is 0.121 e. The Hall–Kier alpha value is -2.20. The van der Waals surface area contributed by atoms with Crippen LogP contribution in [0.4, 0.5) is 0 Å². The van der Waals surface area contributed by atoms with Crippen LogP contribution in [0.15, 0.2) is 48.7 Å². The molecule has 0 aliphatic rings. The van der Waals surface area contributed by atoms with Gasteiger partial charge < -0.3 is 10.3 Å². The van der Waals surface area contributed by atoms with Crippen LogP contribution in [-0.2, 0) is 6.54 Å². The third-order valence-corrected chi connectivity index (χ3v) is 3.15. The van der Waals surface area contributed by atoms with Gasteiger partial charge in [-0.3, -0.25) is 4.98 Å². The molecule has 2 heterocycles. The van der Waals surface area contributed by atoms with Gasteiger partial charge in [-0.25, -0.2) is 4.98 Å². The largest absolute Gasteiger partial charge is 0.341 e. The van der Waals surface area contributed by atoms with Crippen molar-refractivity contribution in [1.82, 2.24) is 20.3 Å². The first-order valence-electron chi connectivity index (χ1n) is 6.41. The Labute approximate surface area is 111 Å². The summed E-state index contributed by atoms with van der Waals surface area (Å²) >= 11 is 0. The number of nitrogens with one attached hydrogen (secondary N) is 2. The minimum Gasteiger partial charge on any atom is -0.341 e. The summed E-state index contributed by atoms with van der Waals surface area (Å²) in [5, 5.41) is 3.42. The first-order chi connectivity index (χ1) is 9.33. The lowest BCUT2D eigenvalue weighted by atomic mass is 10.2. The summed E-state index contributed by atoms with van der Waals surface area (Å²) < 4.78 is 0. The first kappa shape index (κ1) is 11.9. The smallest absolute Gasteiger partial charge is 0.121 e. The molecule has 0 radical (unpaired) electrons. The number of imidazole rings is 1. The number of rotatable bonds is 4. The van der Waals surface area contributed by atoms with Crippen LogP contribution in [-0.4, -0.2) is 15.0 Å². The molecule has 1 aromatic carbocycles. The van der Waals surface area contributed by atoms with Gasteiger partial charge in [-0.1, -0.05) is 18.2 Å². The minimum absolute atomic E-state index is 0.203. The molecule has 4 heteroatoms. The van der Waals surface area contributed by atoms with E-state index in [0.717, 1.165) is 22.6 Å². The molecule has 0 aliphatic carbocycles. The van der Waals surface area contributed by atoms with E-state index in [9.17, 15) is 0 Å². The molecule has 96 valence electrons. The van der Waals surface area contributed by atoms with E-state index in [1.165, 1.54) is 0 Å². The van der Waals surface area contributed by atoms with Gasteiger partial charge in [0.15, 0.2) is 0 Å². The lowest BCUT2D eigenvalue weighted by molar-refractivity contribution is 0.550. The summed E-state index contributed by atoms with van der Waals surface area (Å²) in [6.45, 7) is 2.80. The average molecular weight is 252 g/mol. The fourth-order valence-electron chi connectivity index (χ4n) is 2.08. The first-order valence-corrected chi connectivity index (χ1v) is 6.41. The molecule has 3 aromatic rings. The molecular weight excluding hydrogens is 236 g/mol. The zero-order valence-corrected chi connectivity index (χ0v) is 10.8. The molecule has 2 N–H and O–H groups in total. The monoisotopic (exact) mass is 252 g/mol. The highest BCUT2D eigenvalue weighted by Crippen LogP contribution is 2.12. The second-order valence-electron chi connectivity index (χ2n) is 4.56. The number of fused-ring (bicyclic) bond motifs is 1. The zero-order valence-electron chi connectivity index (χ0n) is 10.8. The van der Waals surface area contributed by atoms with Gasteiger partial charge in [0, 0.05) is 12.2 Å². The highest BCUT2D eigenvalue weighted by atomic mass is 15.0. The number of H-pyrrole nitrogens is 1. The van der Waals surface area contributed by atoms with Gasteiger partial charge in [-0.2, -0.15) is 0 Å². The molecule has 0 bridgehead atoms. The Bertz CT molecular complexity index is 627. The summed E-state index contributed by atoms with van der Waals surface area (Å²) in [6.07, 6.45) is 1.81. The number of nitrogens with zero attached hydrogens (tertiary/aromatic N) is 2. The molecule has 0 saturated carbocycles. The van der Waals surface area contributed by atoms with Gasteiger partial charge in [-0.05, 0) is 31.2 Å². The molecule has 0 fully saturated rings. The summed E-state index contributed by atoms with van der Waals surface area (Å²) in [5.41, 5.74) is 3.12. The van der Waals surface area contributed by atoms with Crippen LogP contribution in [0.2, 0.25) is 0 Å². The molecule has 0 saturated heterocycles. The molecule has 1 atom stereocenters. The number of hydrogen-bond donors (Lipinski definition) is 2. The van der Waals surface area contributed by atoms with E-state index < -0.39 is 0 Å². The van der Waals surface area contributed by atoms with Crippen molar-refractivity contribution in [3.63, 3.8) is 0 Å². The lowest BCUT2D eigenvalue weighted by Gasteiger charge is -2.11. The van der Waals surface area contributed by atoms with Crippen molar-refractivity contribution in [3.8, 4) is 0 Å². The molecule has 3 rings (SSSR count). The molecule has 0 amide bonds. The summed E-state index contributed by atoms with van der Waals surface area (Å²) in [5.74, 6) is 0.948. The molecule has 2 aromatic heterocycles. The van der Waals surface area contributed by atoms with Gasteiger partial charge in [0.2, 0.25) is 0 Å². The molecule has 0 aliphatic heterocycles. The van der Waals surface area contributed by atoms with Crippen molar-refractivity contribution in [2.24, 2.45) is 0 Å². The van der Waals surface area contributed by atoms with Gasteiger partial charge in [-0.15, -0.1) is 0 Å². The van der Waals surface area contributed by atoms with Gasteiger partial charge >= 0.3 is 0 Å². The SMILES string of the molecule is CC(NCc1nc2ccccc2[nH]1)c1ccccn1. The van der Waals surface area contributed by atoms with E-state index in [0.29, 0.717) is 6.54 Å². The maximum absolute atomic E-state index is 4.54. The van der Waals surface area contributed by atoms with E-state index >= 15 is 0 Å². The second kappa shape index (κ2) is 5.20. The van der Waals surface area contributed by atoms with Crippen LogP contribution in [0.3, 0.4) is 0 Å². The van der Waals surface area contributed by atoms with Crippen LogP contribution in [0.25, 0.3) is 11.0 Å². The van der Waals surface area contributed by atoms with Crippen LogP contribution in [0.5, 0.6) is 0 Å². The quantitative estimate of drug-likeness (QED) is 0.750. The average Bonchev–Trinajstić information content (AvgIpc) is 2.88.